The fraction of sp³-hybridized carbons (Fsp3) is 0.450. The summed E-state index contributed by atoms with van der Waals surface area (Å²) in [4.78, 5) is 29.4. The van der Waals surface area contributed by atoms with Crippen molar-refractivity contribution < 1.29 is 14.3 Å². The second-order valence-electron chi connectivity index (χ2n) is 6.76. The maximum absolute atomic E-state index is 11.5. The van der Waals surface area contributed by atoms with Gasteiger partial charge in [-0.05, 0) is 25.2 Å². The molecule has 152 valence electrons. The third-order valence-corrected chi connectivity index (χ3v) is 5.03. The third-order valence-electron chi connectivity index (χ3n) is 5.03. The number of carbonyl (C=O) groups excluding carboxylic acids is 2. The summed E-state index contributed by atoms with van der Waals surface area (Å²) in [5.41, 5.74) is 1.19. The predicted octanol–water partition coefficient (Wildman–Crippen LogP) is 2.74. The zero-order valence-electron chi connectivity index (χ0n) is 16.0. The van der Waals surface area contributed by atoms with Gasteiger partial charge in [0.05, 0.1) is 25.0 Å². The predicted molar refractivity (Wildman–Crippen MR) is 112 cm³/mol. The van der Waals surface area contributed by atoms with Gasteiger partial charge in [0, 0.05) is 37.1 Å². The molecule has 7 nitrogen and oxygen atoms in total. The maximum atomic E-state index is 11.5. The number of likely N-dealkylation sites (N-methyl/N-ethyl adjacent to an activating group) is 1. The molecule has 1 saturated heterocycles. The summed E-state index contributed by atoms with van der Waals surface area (Å²) in [6.45, 7) is 2.26. The van der Waals surface area contributed by atoms with Crippen molar-refractivity contribution in [3.63, 3.8) is 0 Å². The first-order valence-electron chi connectivity index (χ1n) is 9.36. The first-order chi connectivity index (χ1) is 13.2. The first kappa shape index (κ1) is 21.8. The van der Waals surface area contributed by atoms with Gasteiger partial charge in [0.25, 0.3) is 0 Å². The molecular weight excluding hydrogens is 380 g/mol. The molecule has 2 N–H and O–H groups in total. The van der Waals surface area contributed by atoms with E-state index in [1.807, 2.05) is 18.5 Å². The molecule has 0 radical (unpaired) electrons. The van der Waals surface area contributed by atoms with Crippen molar-refractivity contribution in [2.75, 3.05) is 38.2 Å². The summed E-state index contributed by atoms with van der Waals surface area (Å²) in [5, 5.41) is 7.27. The van der Waals surface area contributed by atoms with Crippen LogP contribution in [0.5, 0.6) is 0 Å². The van der Waals surface area contributed by atoms with E-state index in [1.54, 1.807) is 0 Å². The number of halogens is 1. The molecule has 2 heterocycles. The molecule has 3 rings (SSSR count). The Bertz CT molecular complexity index is 789. The lowest BCUT2D eigenvalue weighted by molar-refractivity contribution is -0.119. The highest BCUT2D eigenvalue weighted by atomic mass is 35.5. The molecule has 0 atom stereocenters. The minimum atomic E-state index is -0.544. The lowest BCUT2D eigenvalue weighted by Gasteiger charge is -2.34. The highest BCUT2D eigenvalue weighted by Gasteiger charge is 2.21. The van der Waals surface area contributed by atoms with Gasteiger partial charge in [-0.1, -0.05) is 24.3 Å². The average Bonchev–Trinajstić information content (AvgIpc) is 2.72. The third kappa shape index (κ3) is 5.73. The molecule has 0 saturated carbocycles. The van der Waals surface area contributed by atoms with E-state index in [-0.39, 0.29) is 24.9 Å². The highest BCUT2D eigenvalue weighted by molar-refractivity contribution is 5.93. The van der Waals surface area contributed by atoms with Crippen LogP contribution in [0.3, 0.4) is 0 Å². The standard InChI is InChI=1S/C20H26N4O3.ClH/c1-21-19(25)14-23-20(26)27-11-8-15-6-9-24(10-7-15)18-13-22-12-16-4-2-3-5-17(16)18;/h2-5,12-13,15H,6-11,14H2,1H3,(H,21,25)(H,23,26);1H. The lowest BCUT2D eigenvalue weighted by Crippen LogP contribution is -2.36. The molecule has 1 aromatic heterocycles. The molecule has 1 aliphatic heterocycles. The zero-order valence-corrected chi connectivity index (χ0v) is 16.8. The number of nitrogens with one attached hydrogen (secondary N) is 2. The van der Waals surface area contributed by atoms with Crippen molar-refractivity contribution >= 4 is 40.9 Å². The quantitative estimate of drug-likeness (QED) is 0.770. The second-order valence-corrected chi connectivity index (χ2v) is 6.76. The minimum Gasteiger partial charge on any atom is -0.450 e. The van der Waals surface area contributed by atoms with Gasteiger partial charge in [-0.3, -0.25) is 9.78 Å². The van der Waals surface area contributed by atoms with E-state index in [4.69, 9.17) is 4.74 Å². The van der Waals surface area contributed by atoms with E-state index in [0.29, 0.717) is 12.5 Å². The lowest BCUT2D eigenvalue weighted by atomic mass is 9.93. The minimum absolute atomic E-state index is 0. The number of nitrogens with zero attached hydrogens (tertiary/aromatic N) is 2. The van der Waals surface area contributed by atoms with Gasteiger partial charge in [0.1, 0.15) is 0 Å². The van der Waals surface area contributed by atoms with Crippen molar-refractivity contribution in [3.05, 3.63) is 36.7 Å². The monoisotopic (exact) mass is 406 g/mol. The fourth-order valence-corrected chi connectivity index (χ4v) is 3.43. The normalized spacial score (nSPS) is 14.2. The number of pyridine rings is 1. The number of alkyl carbamates (subject to hydrolysis) is 1. The summed E-state index contributed by atoms with van der Waals surface area (Å²) >= 11 is 0. The smallest absolute Gasteiger partial charge is 0.407 e. The molecule has 0 spiro atoms. The molecule has 0 unspecified atom stereocenters. The first-order valence-corrected chi connectivity index (χ1v) is 9.36. The Morgan fingerprint density at radius 2 is 1.96 bits per heavy atom. The van der Waals surface area contributed by atoms with Crippen molar-refractivity contribution in [2.24, 2.45) is 5.92 Å². The largest absolute Gasteiger partial charge is 0.450 e. The summed E-state index contributed by atoms with van der Waals surface area (Å²) < 4.78 is 5.16. The average molecular weight is 407 g/mol. The number of hydrogen-bond acceptors (Lipinski definition) is 5. The van der Waals surface area contributed by atoms with Crippen LogP contribution in [0, 0.1) is 5.92 Å². The Labute approximate surface area is 171 Å². The van der Waals surface area contributed by atoms with E-state index >= 15 is 0 Å². The van der Waals surface area contributed by atoms with E-state index in [1.165, 1.54) is 18.1 Å². The number of rotatable bonds is 6. The number of piperidine rings is 1. The molecule has 0 aliphatic carbocycles. The van der Waals surface area contributed by atoms with Gasteiger partial charge in [0.15, 0.2) is 0 Å². The number of benzene rings is 1. The second kappa shape index (κ2) is 10.7. The number of hydrogen-bond donors (Lipinski definition) is 2. The fourth-order valence-electron chi connectivity index (χ4n) is 3.43. The van der Waals surface area contributed by atoms with E-state index in [0.717, 1.165) is 37.7 Å². The summed E-state index contributed by atoms with van der Waals surface area (Å²) in [7, 11) is 1.52. The highest BCUT2D eigenvalue weighted by Crippen LogP contribution is 2.30. The molecule has 2 aromatic rings. The van der Waals surface area contributed by atoms with Crippen molar-refractivity contribution in [2.45, 2.75) is 19.3 Å². The van der Waals surface area contributed by atoms with E-state index in [2.05, 4.69) is 38.7 Å². The molecule has 2 amide bonds. The molecule has 1 fully saturated rings. The van der Waals surface area contributed by atoms with Gasteiger partial charge in [0.2, 0.25) is 5.91 Å². The Morgan fingerprint density at radius 1 is 1.21 bits per heavy atom. The van der Waals surface area contributed by atoms with Crippen LogP contribution in [0.1, 0.15) is 19.3 Å². The van der Waals surface area contributed by atoms with E-state index < -0.39 is 6.09 Å². The SMILES string of the molecule is CNC(=O)CNC(=O)OCCC1CCN(c2cncc3ccccc23)CC1.Cl. The van der Waals surface area contributed by atoms with Gasteiger partial charge >= 0.3 is 6.09 Å². The van der Waals surface area contributed by atoms with Gasteiger partial charge in [-0.2, -0.15) is 0 Å². The van der Waals surface area contributed by atoms with Crippen molar-refractivity contribution in [3.8, 4) is 0 Å². The Balaban J connectivity index is 0.00000280. The number of aromatic nitrogens is 1. The molecule has 1 aliphatic rings. The van der Waals surface area contributed by atoms with Crippen LogP contribution >= 0.6 is 12.4 Å². The van der Waals surface area contributed by atoms with Crippen LogP contribution in [0.25, 0.3) is 10.8 Å². The summed E-state index contributed by atoms with van der Waals surface area (Å²) in [6, 6.07) is 8.32. The van der Waals surface area contributed by atoms with Crippen molar-refractivity contribution in [1.82, 2.24) is 15.6 Å². The molecule has 1 aromatic carbocycles. The van der Waals surface area contributed by atoms with Crippen LogP contribution in [-0.4, -0.2) is 50.3 Å². The van der Waals surface area contributed by atoms with Gasteiger partial charge < -0.3 is 20.3 Å². The maximum Gasteiger partial charge on any atom is 0.407 e. The molecule has 8 heteroatoms. The number of anilines is 1. The van der Waals surface area contributed by atoms with E-state index in [9.17, 15) is 9.59 Å². The summed E-state index contributed by atoms with van der Waals surface area (Å²) in [6.07, 6.45) is 6.27. The topological polar surface area (TPSA) is 83.6 Å². The van der Waals surface area contributed by atoms with Crippen LogP contribution in [0.4, 0.5) is 10.5 Å². The van der Waals surface area contributed by atoms with Crippen LogP contribution in [0.2, 0.25) is 0 Å². The molecule has 0 bridgehead atoms. The Hall–Kier alpha value is -2.54. The molecule has 28 heavy (non-hydrogen) atoms. The van der Waals surface area contributed by atoms with Gasteiger partial charge in [-0.25, -0.2) is 4.79 Å². The Kier molecular flexibility index (Phi) is 8.32. The van der Waals surface area contributed by atoms with Crippen LogP contribution < -0.4 is 15.5 Å². The number of fused-ring (bicyclic) bond motifs is 1. The molecular formula is C20H27ClN4O3. The number of ether oxygens (including phenoxy) is 1. The Morgan fingerprint density at radius 3 is 2.71 bits per heavy atom. The van der Waals surface area contributed by atoms with Gasteiger partial charge in [-0.15, -0.1) is 12.4 Å². The van der Waals surface area contributed by atoms with Crippen LogP contribution in [0.15, 0.2) is 36.7 Å². The zero-order chi connectivity index (χ0) is 19.1. The number of carbonyl (C=O) groups is 2. The summed E-state index contributed by atoms with van der Waals surface area (Å²) in [5.74, 6) is 0.290. The van der Waals surface area contributed by atoms with Crippen LogP contribution in [-0.2, 0) is 9.53 Å². The van der Waals surface area contributed by atoms with Crippen molar-refractivity contribution in [1.29, 1.82) is 0 Å². The number of amides is 2.